The average molecular weight is 389 g/mol. The van der Waals surface area contributed by atoms with Crippen LogP contribution in [0.1, 0.15) is 22.8 Å². The van der Waals surface area contributed by atoms with Gasteiger partial charge in [0.2, 0.25) is 0 Å². The fourth-order valence-electron chi connectivity index (χ4n) is 3.36. The van der Waals surface area contributed by atoms with E-state index in [0.29, 0.717) is 16.9 Å². The molecule has 4 amide bonds. The number of hydrogen-bond donors (Lipinski definition) is 2. The lowest BCUT2D eigenvalue weighted by molar-refractivity contribution is -0.132. The molecule has 7 nitrogen and oxygen atoms in total. The predicted molar refractivity (Wildman–Crippen MR) is 107 cm³/mol. The van der Waals surface area contributed by atoms with Crippen LogP contribution in [0.5, 0.6) is 5.75 Å². The molecular weight excluding hydrogens is 370 g/mol. The summed E-state index contributed by atoms with van der Waals surface area (Å²) in [6.07, 6.45) is 0. The Morgan fingerprint density at radius 1 is 1.00 bits per heavy atom. The maximum absolute atomic E-state index is 13.0. The van der Waals surface area contributed by atoms with Crippen molar-refractivity contribution >= 4 is 28.6 Å². The van der Waals surface area contributed by atoms with Crippen LogP contribution in [0, 0.1) is 0 Å². The van der Waals surface area contributed by atoms with Crippen molar-refractivity contribution in [1.82, 2.24) is 15.8 Å². The van der Waals surface area contributed by atoms with Crippen molar-refractivity contribution in [2.45, 2.75) is 12.5 Å². The topological polar surface area (TPSA) is 87.7 Å². The molecule has 0 aliphatic carbocycles. The first-order valence-electron chi connectivity index (χ1n) is 9.03. The van der Waals surface area contributed by atoms with Crippen molar-refractivity contribution < 1.29 is 19.1 Å². The lowest BCUT2D eigenvalue weighted by Crippen LogP contribution is -2.47. The molecule has 3 aromatic carbocycles. The second kappa shape index (κ2) is 6.94. The van der Waals surface area contributed by atoms with Gasteiger partial charge in [-0.2, -0.15) is 5.01 Å². The molecule has 1 fully saturated rings. The largest absolute Gasteiger partial charge is 0.497 e. The maximum Gasteiger partial charge on any atom is 0.344 e. The second-order valence-electron chi connectivity index (χ2n) is 6.93. The minimum atomic E-state index is -1.29. The number of benzene rings is 3. The summed E-state index contributed by atoms with van der Waals surface area (Å²) in [5.41, 5.74) is 2.06. The molecular formula is C22H19N3O4. The standard InChI is InChI=1S/C22H19N3O4/c1-22(17-9-11-18(29-2)12-10-17)20(27)25(21(28)23-22)24-19(26)16-8-7-14-5-3-4-6-15(14)13-16/h3-13H,1-2H3,(H,23,28)(H,24,26)/t22-/m0/s1. The van der Waals surface area contributed by atoms with Gasteiger partial charge < -0.3 is 10.1 Å². The van der Waals surface area contributed by atoms with Gasteiger partial charge in [0.1, 0.15) is 11.3 Å². The zero-order chi connectivity index (χ0) is 20.6. The van der Waals surface area contributed by atoms with Gasteiger partial charge in [-0.05, 0) is 47.5 Å². The van der Waals surface area contributed by atoms with Crippen molar-refractivity contribution in [3.63, 3.8) is 0 Å². The minimum Gasteiger partial charge on any atom is -0.497 e. The SMILES string of the molecule is COc1ccc([C@]2(C)NC(=O)N(NC(=O)c3ccc4ccccc4c3)C2=O)cc1. The van der Waals surface area contributed by atoms with Crippen LogP contribution >= 0.6 is 0 Å². The molecule has 4 rings (SSSR count). The third-order valence-electron chi connectivity index (χ3n) is 5.08. The predicted octanol–water partition coefficient (Wildman–Crippen LogP) is 2.96. The summed E-state index contributed by atoms with van der Waals surface area (Å²) in [4.78, 5) is 38.1. The molecule has 2 N–H and O–H groups in total. The van der Waals surface area contributed by atoms with Crippen molar-refractivity contribution in [3.05, 3.63) is 77.9 Å². The third kappa shape index (κ3) is 3.16. The Morgan fingerprint density at radius 2 is 1.69 bits per heavy atom. The highest BCUT2D eigenvalue weighted by molar-refractivity contribution is 6.09. The van der Waals surface area contributed by atoms with E-state index < -0.39 is 23.4 Å². The number of fused-ring (bicyclic) bond motifs is 1. The summed E-state index contributed by atoms with van der Waals surface area (Å²) in [7, 11) is 1.54. The number of nitrogens with zero attached hydrogens (tertiary/aromatic N) is 1. The van der Waals surface area contributed by atoms with E-state index in [2.05, 4.69) is 10.7 Å². The van der Waals surface area contributed by atoms with Crippen molar-refractivity contribution in [2.24, 2.45) is 0 Å². The number of hydrazine groups is 1. The number of rotatable bonds is 4. The lowest BCUT2D eigenvalue weighted by Gasteiger charge is -2.22. The molecule has 0 aromatic heterocycles. The molecule has 146 valence electrons. The molecule has 1 heterocycles. The van der Waals surface area contributed by atoms with Gasteiger partial charge in [-0.15, -0.1) is 0 Å². The molecule has 1 aliphatic heterocycles. The van der Waals surface area contributed by atoms with Crippen LogP contribution in [0.2, 0.25) is 0 Å². The molecule has 0 unspecified atom stereocenters. The normalized spacial score (nSPS) is 18.6. The minimum absolute atomic E-state index is 0.349. The fraction of sp³-hybridized carbons (Fsp3) is 0.136. The number of carbonyl (C=O) groups excluding carboxylic acids is 3. The fourth-order valence-corrected chi connectivity index (χ4v) is 3.36. The van der Waals surface area contributed by atoms with Gasteiger partial charge in [-0.25, -0.2) is 4.79 Å². The van der Waals surface area contributed by atoms with Crippen molar-refractivity contribution in [1.29, 1.82) is 0 Å². The zero-order valence-corrected chi connectivity index (χ0v) is 15.9. The molecule has 1 atom stereocenters. The second-order valence-corrected chi connectivity index (χ2v) is 6.93. The van der Waals surface area contributed by atoms with Crippen LogP contribution < -0.4 is 15.5 Å². The highest BCUT2D eigenvalue weighted by Crippen LogP contribution is 2.29. The van der Waals surface area contributed by atoms with Gasteiger partial charge in [-0.3, -0.25) is 15.0 Å². The highest BCUT2D eigenvalue weighted by Gasteiger charge is 2.50. The van der Waals surface area contributed by atoms with Crippen molar-refractivity contribution in [3.8, 4) is 5.75 Å². The summed E-state index contributed by atoms with van der Waals surface area (Å²) in [6, 6.07) is 18.9. The summed E-state index contributed by atoms with van der Waals surface area (Å²) in [5, 5.41) is 5.26. The number of hydrogen-bond acceptors (Lipinski definition) is 4. The summed E-state index contributed by atoms with van der Waals surface area (Å²) in [6.45, 7) is 1.59. The Bertz CT molecular complexity index is 1130. The van der Waals surface area contributed by atoms with E-state index in [9.17, 15) is 14.4 Å². The number of ether oxygens (including phenoxy) is 1. The molecule has 0 saturated carbocycles. The maximum atomic E-state index is 13.0. The third-order valence-corrected chi connectivity index (χ3v) is 5.08. The van der Waals surface area contributed by atoms with Crippen LogP contribution in [-0.4, -0.2) is 30.0 Å². The number of amides is 4. The van der Waals surface area contributed by atoms with Crippen LogP contribution in [0.4, 0.5) is 4.79 Å². The van der Waals surface area contributed by atoms with Gasteiger partial charge in [0.25, 0.3) is 11.8 Å². The highest BCUT2D eigenvalue weighted by atomic mass is 16.5. The van der Waals surface area contributed by atoms with E-state index in [1.54, 1.807) is 50.4 Å². The summed E-state index contributed by atoms with van der Waals surface area (Å²) >= 11 is 0. The molecule has 1 aliphatic rings. The number of imide groups is 1. The Labute approximate surface area is 167 Å². The molecule has 7 heteroatoms. The Morgan fingerprint density at radius 3 is 2.38 bits per heavy atom. The zero-order valence-electron chi connectivity index (χ0n) is 15.9. The van der Waals surface area contributed by atoms with Gasteiger partial charge in [0.15, 0.2) is 0 Å². The first-order chi connectivity index (χ1) is 13.9. The van der Waals surface area contributed by atoms with Crippen LogP contribution in [0.3, 0.4) is 0 Å². The van der Waals surface area contributed by atoms with Gasteiger partial charge in [0.05, 0.1) is 7.11 Å². The molecule has 29 heavy (non-hydrogen) atoms. The van der Waals surface area contributed by atoms with E-state index in [-0.39, 0.29) is 0 Å². The number of urea groups is 1. The van der Waals surface area contributed by atoms with E-state index in [1.807, 2.05) is 30.3 Å². The smallest absolute Gasteiger partial charge is 0.344 e. The Hall–Kier alpha value is -3.87. The lowest BCUT2D eigenvalue weighted by atomic mass is 9.92. The van der Waals surface area contributed by atoms with Crippen LogP contribution in [0.15, 0.2) is 66.7 Å². The van der Waals surface area contributed by atoms with Gasteiger partial charge in [-0.1, -0.05) is 42.5 Å². The van der Waals surface area contributed by atoms with Crippen LogP contribution in [-0.2, 0) is 10.3 Å². The average Bonchev–Trinajstić information content (AvgIpc) is 2.97. The molecule has 0 radical (unpaired) electrons. The molecule has 0 spiro atoms. The first kappa shape index (κ1) is 18.5. The van der Waals surface area contributed by atoms with Crippen LogP contribution in [0.25, 0.3) is 10.8 Å². The number of carbonyl (C=O) groups is 3. The molecule has 3 aromatic rings. The Balaban J connectivity index is 1.57. The monoisotopic (exact) mass is 389 g/mol. The van der Waals surface area contributed by atoms with Gasteiger partial charge in [0, 0.05) is 5.56 Å². The summed E-state index contributed by atoms with van der Waals surface area (Å²) < 4.78 is 5.13. The molecule has 1 saturated heterocycles. The Kier molecular flexibility index (Phi) is 4.43. The van der Waals surface area contributed by atoms with Gasteiger partial charge >= 0.3 is 6.03 Å². The quantitative estimate of drug-likeness (QED) is 0.672. The molecule has 0 bridgehead atoms. The van der Waals surface area contributed by atoms with E-state index in [0.717, 1.165) is 15.8 Å². The first-order valence-corrected chi connectivity index (χ1v) is 9.03. The number of nitrogens with one attached hydrogen (secondary N) is 2. The van der Waals surface area contributed by atoms with E-state index in [1.165, 1.54) is 0 Å². The van der Waals surface area contributed by atoms with Crippen molar-refractivity contribution in [2.75, 3.05) is 7.11 Å². The summed E-state index contributed by atoms with van der Waals surface area (Å²) in [5.74, 6) is -0.476. The number of methoxy groups -OCH3 is 1. The van der Waals surface area contributed by atoms with E-state index in [4.69, 9.17) is 4.74 Å². The van der Waals surface area contributed by atoms with E-state index >= 15 is 0 Å².